The lowest BCUT2D eigenvalue weighted by atomic mass is 9.91. The summed E-state index contributed by atoms with van der Waals surface area (Å²) in [6.45, 7) is 11.7. The topological polar surface area (TPSA) is 3.24 Å². The fraction of sp³-hybridized carbons (Fsp3) is 0.923. The lowest BCUT2D eigenvalue weighted by molar-refractivity contribution is 0.289. The first-order chi connectivity index (χ1) is 13.1. The van der Waals surface area contributed by atoms with Gasteiger partial charge in [-0.15, -0.1) is 0 Å². The van der Waals surface area contributed by atoms with Gasteiger partial charge < -0.3 is 4.90 Å². The number of hydrogen-bond donors (Lipinski definition) is 0. The summed E-state index contributed by atoms with van der Waals surface area (Å²) < 4.78 is 0. The second-order valence-corrected chi connectivity index (χ2v) is 8.97. The van der Waals surface area contributed by atoms with Crippen LogP contribution >= 0.6 is 0 Å². The summed E-state index contributed by atoms with van der Waals surface area (Å²) in [5, 5.41) is 0. The summed E-state index contributed by atoms with van der Waals surface area (Å²) in [5.74, 6) is 1.84. The first kappa shape index (κ1) is 26.7. The summed E-state index contributed by atoms with van der Waals surface area (Å²) >= 11 is 0. The molecule has 0 aliphatic heterocycles. The number of allylic oxidation sites excluding steroid dienone is 2. The average molecular weight is 380 g/mol. The molecule has 0 bridgehead atoms. The highest BCUT2D eigenvalue weighted by Crippen LogP contribution is 2.22. The molecule has 1 nitrogen and oxygen atoms in total. The highest BCUT2D eigenvalue weighted by molar-refractivity contribution is 4.81. The van der Waals surface area contributed by atoms with E-state index < -0.39 is 0 Å². The fourth-order valence-corrected chi connectivity index (χ4v) is 3.92. The largest absolute Gasteiger partial charge is 0.307 e. The van der Waals surface area contributed by atoms with Crippen molar-refractivity contribution >= 4 is 0 Å². The highest BCUT2D eigenvalue weighted by atomic mass is 15.1. The fourth-order valence-electron chi connectivity index (χ4n) is 3.92. The molecule has 0 radical (unpaired) electrons. The molecule has 27 heavy (non-hydrogen) atoms. The van der Waals surface area contributed by atoms with E-state index in [1.165, 1.54) is 109 Å². The van der Waals surface area contributed by atoms with Crippen LogP contribution in [-0.4, -0.2) is 25.0 Å². The van der Waals surface area contributed by atoms with E-state index in [-0.39, 0.29) is 0 Å². The Kier molecular flexibility index (Phi) is 20.2. The summed E-state index contributed by atoms with van der Waals surface area (Å²) in [4.78, 5) is 2.48. The van der Waals surface area contributed by atoms with Crippen molar-refractivity contribution in [3.63, 3.8) is 0 Å². The zero-order valence-electron chi connectivity index (χ0n) is 19.8. The molecule has 0 aromatic rings. The van der Waals surface area contributed by atoms with Crippen LogP contribution in [0.2, 0.25) is 0 Å². The molecule has 0 spiro atoms. The standard InChI is InChI=1S/C26H53N/c1-6-9-11-17-21-26(23-24-27(5)8-3)22-18-14-12-13-16-20-25(4)19-15-10-7-2/h10,15,25-26H,6-9,11-14,16-24H2,1-5H3/b15-10+. The molecular weight excluding hydrogens is 326 g/mol. The van der Waals surface area contributed by atoms with Crippen LogP contribution < -0.4 is 0 Å². The smallest absolute Gasteiger partial charge is 0.00193 e. The Bertz CT molecular complexity index is 309. The van der Waals surface area contributed by atoms with Gasteiger partial charge in [0, 0.05) is 0 Å². The van der Waals surface area contributed by atoms with Crippen molar-refractivity contribution in [1.82, 2.24) is 4.90 Å². The van der Waals surface area contributed by atoms with E-state index in [0.717, 1.165) is 11.8 Å². The van der Waals surface area contributed by atoms with Crippen LogP contribution in [0.25, 0.3) is 0 Å². The summed E-state index contributed by atoms with van der Waals surface area (Å²) in [7, 11) is 2.27. The van der Waals surface area contributed by atoms with Crippen molar-refractivity contribution in [2.45, 2.75) is 124 Å². The maximum absolute atomic E-state index is 2.48. The Hall–Kier alpha value is -0.300. The molecule has 0 saturated heterocycles. The van der Waals surface area contributed by atoms with Crippen molar-refractivity contribution in [2.75, 3.05) is 20.1 Å². The molecule has 0 aliphatic carbocycles. The lowest BCUT2D eigenvalue weighted by Gasteiger charge is -2.21. The van der Waals surface area contributed by atoms with Gasteiger partial charge in [0.2, 0.25) is 0 Å². The molecule has 0 aromatic carbocycles. The minimum Gasteiger partial charge on any atom is -0.307 e. The van der Waals surface area contributed by atoms with Gasteiger partial charge in [-0.05, 0) is 51.2 Å². The van der Waals surface area contributed by atoms with Crippen molar-refractivity contribution in [1.29, 1.82) is 0 Å². The van der Waals surface area contributed by atoms with Gasteiger partial charge in [0.1, 0.15) is 0 Å². The first-order valence-corrected chi connectivity index (χ1v) is 12.5. The Morgan fingerprint density at radius 3 is 1.89 bits per heavy atom. The van der Waals surface area contributed by atoms with E-state index in [2.05, 4.69) is 51.8 Å². The monoisotopic (exact) mass is 379 g/mol. The third kappa shape index (κ3) is 18.8. The number of rotatable bonds is 20. The molecular formula is C26H53N. The summed E-state index contributed by atoms with van der Waals surface area (Å²) in [5.41, 5.74) is 0. The molecule has 0 aliphatic rings. The Balaban J connectivity index is 3.78. The zero-order chi connectivity index (χ0) is 20.2. The Morgan fingerprint density at radius 1 is 0.704 bits per heavy atom. The van der Waals surface area contributed by atoms with Crippen LogP contribution in [-0.2, 0) is 0 Å². The van der Waals surface area contributed by atoms with E-state index in [0.29, 0.717) is 0 Å². The molecule has 2 atom stereocenters. The van der Waals surface area contributed by atoms with Crippen LogP contribution in [0.5, 0.6) is 0 Å². The van der Waals surface area contributed by atoms with E-state index in [1.807, 2.05) is 0 Å². The first-order valence-electron chi connectivity index (χ1n) is 12.5. The quantitative estimate of drug-likeness (QED) is 0.151. The van der Waals surface area contributed by atoms with Crippen molar-refractivity contribution in [2.24, 2.45) is 11.8 Å². The minimum absolute atomic E-state index is 0.871. The van der Waals surface area contributed by atoms with Crippen LogP contribution in [0.15, 0.2) is 12.2 Å². The molecule has 0 saturated carbocycles. The molecule has 0 amide bonds. The van der Waals surface area contributed by atoms with Gasteiger partial charge in [-0.2, -0.15) is 0 Å². The van der Waals surface area contributed by atoms with E-state index in [1.54, 1.807) is 0 Å². The maximum atomic E-state index is 2.48. The van der Waals surface area contributed by atoms with Crippen LogP contribution in [0.3, 0.4) is 0 Å². The average Bonchev–Trinajstić information content (AvgIpc) is 2.67. The maximum Gasteiger partial charge on any atom is -0.00193 e. The second-order valence-electron chi connectivity index (χ2n) is 8.97. The van der Waals surface area contributed by atoms with E-state index in [9.17, 15) is 0 Å². The second kappa shape index (κ2) is 20.4. The van der Waals surface area contributed by atoms with Gasteiger partial charge >= 0.3 is 0 Å². The van der Waals surface area contributed by atoms with Gasteiger partial charge in [-0.3, -0.25) is 0 Å². The number of unbranched alkanes of at least 4 members (excludes halogenated alkanes) is 7. The molecule has 2 unspecified atom stereocenters. The molecule has 0 heterocycles. The van der Waals surface area contributed by atoms with Crippen LogP contribution in [0.4, 0.5) is 0 Å². The molecule has 0 aromatic heterocycles. The summed E-state index contributed by atoms with van der Waals surface area (Å²) in [6, 6.07) is 0. The third-order valence-corrected chi connectivity index (χ3v) is 6.17. The minimum atomic E-state index is 0.871. The predicted octanol–water partition coefficient (Wildman–Crippen LogP) is 8.64. The van der Waals surface area contributed by atoms with Crippen molar-refractivity contribution in [3.8, 4) is 0 Å². The summed E-state index contributed by atoms with van der Waals surface area (Å²) in [6.07, 6.45) is 25.9. The highest BCUT2D eigenvalue weighted by Gasteiger charge is 2.10. The van der Waals surface area contributed by atoms with Gasteiger partial charge in [0.25, 0.3) is 0 Å². The van der Waals surface area contributed by atoms with Crippen LogP contribution in [0.1, 0.15) is 124 Å². The molecule has 0 N–H and O–H groups in total. The predicted molar refractivity (Wildman–Crippen MR) is 126 cm³/mol. The third-order valence-electron chi connectivity index (χ3n) is 6.17. The zero-order valence-corrected chi connectivity index (χ0v) is 19.8. The molecule has 0 rings (SSSR count). The number of nitrogens with zero attached hydrogens (tertiary/aromatic N) is 1. The van der Waals surface area contributed by atoms with Gasteiger partial charge in [-0.1, -0.05) is 117 Å². The van der Waals surface area contributed by atoms with Crippen molar-refractivity contribution in [3.05, 3.63) is 12.2 Å². The molecule has 162 valence electrons. The Labute approximate surface area is 173 Å². The van der Waals surface area contributed by atoms with E-state index >= 15 is 0 Å². The molecule has 1 heteroatoms. The van der Waals surface area contributed by atoms with Crippen molar-refractivity contribution < 1.29 is 0 Å². The van der Waals surface area contributed by atoms with Gasteiger partial charge in [0.05, 0.1) is 0 Å². The Morgan fingerprint density at radius 2 is 1.30 bits per heavy atom. The SMILES string of the molecule is CC/C=C/CC(C)CCCCCCCC(CCCCCC)CCN(C)CC. The van der Waals surface area contributed by atoms with Crippen LogP contribution in [0, 0.1) is 11.8 Å². The van der Waals surface area contributed by atoms with Gasteiger partial charge in [0.15, 0.2) is 0 Å². The van der Waals surface area contributed by atoms with Gasteiger partial charge in [-0.25, -0.2) is 0 Å². The van der Waals surface area contributed by atoms with E-state index in [4.69, 9.17) is 0 Å². The molecule has 0 fully saturated rings. The number of hydrogen-bond acceptors (Lipinski definition) is 1. The normalized spacial score (nSPS) is 14.3. The lowest BCUT2D eigenvalue weighted by Crippen LogP contribution is -2.21.